The minimum Gasteiger partial charge on any atom is -0.484 e. The van der Waals surface area contributed by atoms with Crippen molar-refractivity contribution < 1.29 is 49.3 Å². The van der Waals surface area contributed by atoms with Crippen molar-refractivity contribution >= 4 is 5.91 Å². The molecule has 180 valence electrons. The molecule has 2 aliphatic heterocycles. The van der Waals surface area contributed by atoms with Gasteiger partial charge < -0.3 is 49.8 Å². The monoisotopic (exact) mass is 457 g/mol. The number of aliphatic hydroxyl groups excluding tert-OH is 5. The van der Waals surface area contributed by atoms with Gasteiger partial charge in [-0.25, -0.2) is 0 Å². The van der Waals surface area contributed by atoms with Crippen LogP contribution in [0.25, 0.3) is 0 Å². The summed E-state index contributed by atoms with van der Waals surface area (Å²) >= 11 is 0. The number of rotatable bonds is 8. The summed E-state index contributed by atoms with van der Waals surface area (Å²) < 4.78 is 22.6. The molecule has 0 aromatic heterocycles. The lowest BCUT2D eigenvalue weighted by atomic mass is 9.92. The van der Waals surface area contributed by atoms with Gasteiger partial charge >= 0.3 is 0 Å². The SMILES string of the molecule is CNC(=O)COc1cccc(C2OC(CO)CC(OC3OC(CO)CC(O)C3O)C2O)c1. The van der Waals surface area contributed by atoms with E-state index in [1.54, 1.807) is 24.3 Å². The number of carbonyl (C=O) groups excluding carboxylic acids is 1. The largest absolute Gasteiger partial charge is 0.484 e. The summed E-state index contributed by atoms with van der Waals surface area (Å²) in [7, 11) is 1.50. The number of aliphatic hydroxyl groups is 5. The molecule has 2 saturated heterocycles. The Hall–Kier alpha value is -1.83. The summed E-state index contributed by atoms with van der Waals surface area (Å²) in [5.74, 6) is 0.0954. The number of nitrogens with one attached hydrogen (secondary N) is 1. The van der Waals surface area contributed by atoms with E-state index >= 15 is 0 Å². The molecule has 2 heterocycles. The second-order valence-electron chi connectivity index (χ2n) is 7.90. The van der Waals surface area contributed by atoms with Gasteiger partial charge in [0.05, 0.1) is 37.6 Å². The highest BCUT2D eigenvalue weighted by Crippen LogP contribution is 2.36. The Morgan fingerprint density at radius 3 is 2.50 bits per heavy atom. The highest BCUT2D eigenvalue weighted by atomic mass is 16.7. The summed E-state index contributed by atoms with van der Waals surface area (Å²) in [6, 6.07) is 6.65. The number of hydrogen-bond donors (Lipinski definition) is 6. The quantitative estimate of drug-likeness (QED) is 0.262. The number of likely N-dealkylation sites (N-methyl/N-ethyl adjacent to an activating group) is 1. The Kier molecular flexibility index (Phi) is 8.79. The topological polar surface area (TPSA) is 167 Å². The molecule has 0 spiro atoms. The molecule has 2 fully saturated rings. The standard InChI is InChI=1S/C21H31NO10/c1-22-17(26)10-29-12-4-2-3-11(5-12)20-19(28)16(7-14(9-24)30-20)32-21-18(27)15(25)6-13(8-23)31-21/h2-5,13-16,18-21,23-25,27-28H,6-10H2,1H3,(H,22,26). The van der Waals surface area contributed by atoms with Gasteiger partial charge in [-0.05, 0) is 17.7 Å². The lowest BCUT2D eigenvalue weighted by molar-refractivity contribution is -0.309. The molecule has 0 bridgehead atoms. The van der Waals surface area contributed by atoms with E-state index in [1.807, 2.05) is 0 Å². The first kappa shape index (κ1) is 24.8. The van der Waals surface area contributed by atoms with Crippen molar-refractivity contribution in [2.24, 2.45) is 0 Å². The van der Waals surface area contributed by atoms with Crippen molar-refractivity contribution in [3.8, 4) is 5.75 Å². The summed E-state index contributed by atoms with van der Waals surface area (Å²) in [6.45, 7) is -0.860. The normalized spacial score (nSPS) is 35.3. The van der Waals surface area contributed by atoms with Crippen LogP contribution in [0.15, 0.2) is 24.3 Å². The lowest BCUT2D eigenvalue weighted by Crippen LogP contribution is -2.54. The Balaban J connectivity index is 1.74. The lowest BCUT2D eigenvalue weighted by Gasteiger charge is -2.43. The summed E-state index contributed by atoms with van der Waals surface area (Å²) in [5, 5.41) is 52.7. The Bertz CT molecular complexity index is 749. The van der Waals surface area contributed by atoms with Gasteiger partial charge in [-0.3, -0.25) is 4.79 Å². The third-order valence-electron chi connectivity index (χ3n) is 5.58. The van der Waals surface area contributed by atoms with Crippen molar-refractivity contribution in [1.29, 1.82) is 0 Å². The minimum atomic E-state index is -1.36. The van der Waals surface area contributed by atoms with Crippen LogP contribution in [0.2, 0.25) is 0 Å². The maximum absolute atomic E-state index is 11.4. The van der Waals surface area contributed by atoms with Crippen molar-refractivity contribution in [2.45, 2.75) is 61.9 Å². The Morgan fingerprint density at radius 2 is 1.81 bits per heavy atom. The fraction of sp³-hybridized carbons (Fsp3) is 0.667. The van der Waals surface area contributed by atoms with Crippen LogP contribution in [0.4, 0.5) is 0 Å². The van der Waals surface area contributed by atoms with Gasteiger partial charge in [0.25, 0.3) is 5.91 Å². The summed E-state index contributed by atoms with van der Waals surface area (Å²) in [6.07, 6.45) is -7.98. The predicted octanol–water partition coefficient (Wildman–Crippen LogP) is -1.79. The maximum atomic E-state index is 11.4. The molecule has 1 amide bonds. The first-order valence-corrected chi connectivity index (χ1v) is 10.5. The fourth-order valence-corrected chi connectivity index (χ4v) is 3.79. The molecule has 32 heavy (non-hydrogen) atoms. The maximum Gasteiger partial charge on any atom is 0.257 e. The van der Waals surface area contributed by atoms with E-state index in [-0.39, 0.29) is 38.6 Å². The molecular formula is C21H31NO10. The Morgan fingerprint density at radius 1 is 1.09 bits per heavy atom. The second-order valence-corrected chi connectivity index (χ2v) is 7.90. The molecule has 8 unspecified atom stereocenters. The molecule has 2 aliphatic rings. The average molecular weight is 457 g/mol. The van der Waals surface area contributed by atoms with Crippen molar-refractivity contribution in [2.75, 3.05) is 26.9 Å². The number of benzene rings is 1. The van der Waals surface area contributed by atoms with E-state index < -0.39 is 49.0 Å². The highest BCUT2D eigenvalue weighted by Gasteiger charge is 2.44. The number of amides is 1. The number of carbonyl (C=O) groups is 1. The molecule has 8 atom stereocenters. The molecule has 11 nitrogen and oxygen atoms in total. The fourth-order valence-electron chi connectivity index (χ4n) is 3.79. The van der Waals surface area contributed by atoms with E-state index in [4.69, 9.17) is 18.9 Å². The zero-order valence-electron chi connectivity index (χ0n) is 17.7. The number of ether oxygens (including phenoxy) is 4. The van der Waals surface area contributed by atoms with Crippen LogP contribution in [-0.4, -0.2) is 101 Å². The molecule has 11 heteroatoms. The Labute approximate surface area is 185 Å². The van der Waals surface area contributed by atoms with Gasteiger partial charge in [0, 0.05) is 19.9 Å². The van der Waals surface area contributed by atoms with E-state index in [0.717, 1.165) is 0 Å². The zero-order chi connectivity index (χ0) is 23.3. The smallest absolute Gasteiger partial charge is 0.257 e. The van der Waals surface area contributed by atoms with Gasteiger partial charge in [-0.2, -0.15) is 0 Å². The summed E-state index contributed by atoms with van der Waals surface area (Å²) in [4.78, 5) is 11.4. The summed E-state index contributed by atoms with van der Waals surface area (Å²) in [5.41, 5.74) is 0.539. The molecule has 0 radical (unpaired) electrons. The van der Waals surface area contributed by atoms with E-state index in [1.165, 1.54) is 7.05 Å². The van der Waals surface area contributed by atoms with Crippen molar-refractivity contribution in [3.63, 3.8) is 0 Å². The van der Waals surface area contributed by atoms with E-state index in [0.29, 0.717) is 11.3 Å². The molecule has 1 aromatic rings. The first-order chi connectivity index (χ1) is 15.4. The minimum absolute atomic E-state index is 0.0542. The van der Waals surface area contributed by atoms with Gasteiger partial charge in [0.1, 0.15) is 24.1 Å². The number of hydrogen-bond acceptors (Lipinski definition) is 10. The third-order valence-corrected chi connectivity index (χ3v) is 5.58. The molecule has 0 saturated carbocycles. The van der Waals surface area contributed by atoms with Crippen LogP contribution < -0.4 is 10.1 Å². The van der Waals surface area contributed by atoms with Crippen LogP contribution in [0.1, 0.15) is 24.5 Å². The van der Waals surface area contributed by atoms with Crippen LogP contribution in [0.5, 0.6) is 5.75 Å². The van der Waals surface area contributed by atoms with Crippen LogP contribution >= 0.6 is 0 Å². The average Bonchev–Trinajstić information content (AvgIpc) is 2.81. The molecule has 6 N–H and O–H groups in total. The molecule has 0 aliphatic carbocycles. The van der Waals surface area contributed by atoms with Crippen LogP contribution in [-0.2, 0) is 19.0 Å². The first-order valence-electron chi connectivity index (χ1n) is 10.5. The van der Waals surface area contributed by atoms with Crippen LogP contribution in [0, 0.1) is 0 Å². The van der Waals surface area contributed by atoms with Crippen molar-refractivity contribution in [1.82, 2.24) is 5.32 Å². The van der Waals surface area contributed by atoms with Gasteiger partial charge in [-0.1, -0.05) is 12.1 Å². The molecule has 1 aromatic carbocycles. The molecule has 3 rings (SSSR count). The second kappa shape index (κ2) is 11.3. The van der Waals surface area contributed by atoms with E-state index in [9.17, 15) is 30.3 Å². The van der Waals surface area contributed by atoms with Crippen molar-refractivity contribution in [3.05, 3.63) is 29.8 Å². The third kappa shape index (κ3) is 5.94. The van der Waals surface area contributed by atoms with Gasteiger partial charge in [0.15, 0.2) is 12.9 Å². The molecular weight excluding hydrogens is 426 g/mol. The highest BCUT2D eigenvalue weighted by molar-refractivity contribution is 5.77. The van der Waals surface area contributed by atoms with Gasteiger partial charge in [0.2, 0.25) is 0 Å². The van der Waals surface area contributed by atoms with Crippen LogP contribution in [0.3, 0.4) is 0 Å². The zero-order valence-corrected chi connectivity index (χ0v) is 17.7. The van der Waals surface area contributed by atoms with Gasteiger partial charge in [-0.15, -0.1) is 0 Å². The van der Waals surface area contributed by atoms with E-state index in [2.05, 4.69) is 5.32 Å². The predicted molar refractivity (Wildman–Crippen MR) is 109 cm³/mol.